The average molecular weight is 289 g/mol. The van der Waals surface area contributed by atoms with E-state index in [1.54, 1.807) is 0 Å². The van der Waals surface area contributed by atoms with Gasteiger partial charge in [0.15, 0.2) is 0 Å². The van der Waals surface area contributed by atoms with Crippen LogP contribution in [0.5, 0.6) is 5.75 Å². The largest absolute Gasteiger partial charge is 0.494 e. The third kappa shape index (κ3) is 5.35. The Labute approximate surface area is 130 Å². The van der Waals surface area contributed by atoms with Crippen molar-refractivity contribution in [2.45, 2.75) is 52.4 Å². The summed E-state index contributed by atoms with van der Waals surface area (Å²) >= 11 is 0. The number of benzene rings is 1. The minimum Gasteiger partial charge on any atom is -0.494 e. The van der Waals surface area contributed by atoms with Crippen molar-refractivity contribution >= 4 is 0 Å². The lowest BCUT2D eigenvalue weighted by Crippen LogP contribution is -2.35. The number of piperidine rings is 1. The monoisotopic (exact) mass is 289 g/mol. The summed E-state index contributed by atoms with van der Waals surface area (Å²) in [6.45, 7) is 11.4. The summed E-state index contributed by atoms with van der Waals surface area (Å²) in [6, 6.07) is 8.64. The molecule has 0 bridgehead atoms. The molecule has 2 nitrogen and oxygen atoms in total. The van der Waals surface area contributed by atoms with Crippen LogP contribution < -0.4 is 4.74 Å². The topological polar surface area (TPSA) is 12.5 Å². The molecule has 0 aromatic heterocycles. The van der Waals surface area contributed by atoms with E-state index < -0.39 is 0 Å². The number of hydrogen-bond acceptors (Lipinski definition) is 2. The SMILES string of the molecule is CCC(C)c1ccc(OCCCN2CCCC(C)C2)cc1. The number of rotatable bonds is 7. The second-order valence-electron chi connectivity index (χ2n) is 6.63. The average Bonchev–Trinajstić information content (AvgIpc) is 2.51. The van der Waals surface area contributed by atoms with E-state index in [4.69, 9.17) is 4.74 Å². The van der Waals surface area contributed by atoms with Crippen LogP contribution in [0.15, 0.2) is 24.3 Å². The van der Waals surface area contributed by atoms with Gasteiger partial charge in [0.1, 0.15) is 5.75 Å². The maximum Gasteiger partial charge on any atom is 0.119 e. The molecule has 1 saturated heterocycles. The van der Waals surface area contributed by atoms with Gasteiger partial charge in [-0.05, 0) is 61.8 Å². The van der Waals surface area contributed by atoms with Gasteiger partial charge in [-0.3, -0.25) is 0 Å². The molecular formula is C19H31NO. The molecule has 1 aromatic carbocycles. The summed E-state index contributed by atoms with van der Waals surface area (Å²) in [5.74, 6) is 2.52. The van der Waals surface area contributed by atoms with E-state index in [2.05, 4.69) is 49.9 Å². The highest BCUT2D eigenvalue weighted by atomic mass is 16.5. The van der Waals surface area contributed by atoms with Gasteiger partial charge in [-0.1, -0.05) is 32.9 Å². The van der Waals surface area contributed by atoms with Crippen LogP contribution in [0.1, 0.15) is 57.9 Å². The van der Waals surface area contributed by atoms with Crippen molar-refractivity contribution in [1.29, 1.82) is 0 Å². The molecule has 2 atom stereocenters. The third-order valence-corrected chi connectivity index (χ3v) is 4.69. The summed E-state index contributed by atoms with van der Waals surface area (Å²) in [5.41, 5.74) is 1.41. The van der Waals surface area contributed by atoms with Crippen molar-refractivity contribution in [1.82, 2.24) is 4.90 Å². The lowest BCUT2D eigenvalue weighted by atomic mass is 9.99. The molecule has 21 heavy (non-hydrogen) atoms. The fourth-order valence-corrected chi connectivity index (χ4v) is 3.10. The zero-order valence-corrected chi connectivity index (χ0v) is 14.0. The predicted octanol–water partition coefficient (Wildman–Crippen LogP) is 4.70. The van der Waals surface area contributed by atoms with Crippen molar-refractivity contribution in [3.05, 3.63) is 29.8 Å². The van der Waals surface area contributed by atoms with Crippen molar-refractivity contribution in [3.63, 3.8) is 0 Å². The zero-order valence-electron chi connectivity index (χ0n) is 14.0. The summed E-state index contributed by atoms with van der Waals surface area (Å²) in [7, 11) is 0. The van der Waals surface area contributed by atoms with Gasteiger partial charge in [0.2, 0.25) is 0 Å². The van der Waals surface area contributed by atoms with Gasteiger partial charge in [-0.2, -0.15) is 0 Å². The Morgan fingerprint density at radius 1 is 1.29 bits per heavy atom. The number of nitrogens with zero attached hydrogens (tertiary/aromatic N) is 1. The first-order chi connectivity index (χ1) is 10.2. The molecular weight excluding hydrogens is 258 g/mol. The third-order valence-electron chi connectivity index (χ3n) is 4.69. The number of hydrogen-bond donors (Lipinski definition) is 0. The van der Waals surface area contributed by atoms with Crippen LogP contribution in [-0.2, 0) is 0 Å². The summed E-state index contributed by atoms with van der Waals surface area (Å²) in [6.07, 6.45) is 5.07. The molecule has 1 aliphatic heterocycles. The van der Waals surface area contributed by atoms with Gasteiger partial charge in [-0.25, -0.2) is 0 Å². The zero-order chi connectivity index (χ0) is 15.1. The first kappa shape index (κ1) is 16.4. The van der Waals surface area contributed by atoms with E-state index in [0.29, 0.717) is 5.92 Å². The Kier molecular flexibility index (Phi) is 6.56. The van der Waals surface area contributed by atoms with E-state index >= 15 is 0 Å². The minimum absolute atomic E-state index is 0.639. The Morgan fingerprint density at radius 3 is 2.71 bits per heavy atom. The van der Waals surface area contributed by atoms with Crippen LogP contribution in [0, 0.1) is 5.92 Å². The molecule has 1 heterocycles. The molecule has 0 N–H and O–H groups in total. The molecule has 2 unspecified atom stereocenters. The second-order valence-corrected chi connectivity index (χ2v) is 6.63. The van der Waals surface area contributed by atoms with Crippen LogP contribution in [0.2, 0.25) is 0 Å². The summed E-state index contributed by atoms with van der Waals surface area (Å²) in [4.78, 5) is 2.59. The van der Waals surface area contributed by atoms with E-state index in [9.17, 15) is 0 Å². The van der Waals surface area contributed by atoms with Crippen molar-refractivity contribution in [2.75, 3.05) is 26.2 Å². The van der Waals surface area contributed by atoms with Gasteiger partial charge in [0.25, 0.3) is 0 Å². The van der Waals surface area contributed by atoms with Crippen molar-refractivity contribution in [3.8, 4) is 5.75 Å². The van der Waals surface area contributed by atoms with E-state index in [1.807, 2.05) is 0 Å². The van der Waals surface area contributed by atoms with Crippen molar-refractivity contribution in [2.24, 2.45) is 5.92 Å². The molecule has 0 amide bonds. The van der Waals surface area contributed by atoms with Gasteiger partial charge in [0.05, 0.1) is 6.61 Å². The molecule has 0 spiro atoms. The Morgan fingerprint density at radius 2 is 2.05 bits per heavy atom. The molecule has 2 rings (SSSR count). The van der Waals surface area contributed by atoms with E-state index in [1.165, 1.54) is 44.5 Å². The normalized spacial score (nSPS) is 21.2. The van der Waals surface area contributed by atoms with Gasteiger partial charge in [0, 0.05) is 13.1 Å². The molecule has 1 fully saturated rings. The highest BCUT2D eigenvalue weighted by Crippen LogP contribution is 2.21. The van der Waals surface area contributed by atoms with Crippen LogP contribution in [-0.4, -0.2) is 31.1 Å². The molecule has 1 aliphatic rings. The Hall–Kier alpha value is -1.02. The minimum atomic E-state index is 0.639. The highest BCUT2D eigenvalue weighted by Gasteiger charge is 2.15. The lowest BCUT2D eigenvalue weighted by Gasteiger charge is -2.30. The first-order valence-electron chi connectivity index (χ1n) is 8.64. The molecule has 2 heteroatoms. The molecule has 118 valence electrons. The quantitative estimate of drug-likeness (QED) is 0.675. The molecule has 1 aromatic rings. The summed E-state index contributed by atoms with van der Waals surface area (Å²) < 4.78 is 5.87. The highest BCUT2D eigenvalue weighted by molar-refractivity contribution is 5.29. The van der Waals surface area contributed by atoms with Crippen LogP contribution in [0.4, 0.5) is 0 Å². The Bertz CT molecular complexity index is 401. The fourth-order valence-electron chi connectivity index (χ4n) is 3.10. The van der Waals surface area contributed by atoms with E-state index in [0.717, 1.165) is 24.7 Å². The number of likely N-dealkylation sites (tertiary alicyclic amines) is 1. The standard InChI is InChI=1S/C19H31NO/c1-4-17(3)18-8-10-19(11-9-18)21-14-6-13-20-12-5-7-16(2)15-20/h8-11,16-17H,4-7,12-15H2,1-3H3. The van der Waals surface area contributed by atoms with Gasteiger partial charge < -0.3 is 9.64 Å². The van der Waals surface area contributed by atoms with Gasteiger partial charge in [-0.15, -0.1) is 0 Å². The smallest absolute Gasteiger partial charge is 0.119 e. The Balaban J connectivity index is 1.66. The maximum atomic E-state index is 5.87. The predicted molar refractivity (Wildman–Crippen MR) is 90.1 cm³/mol. The molecule has 0 saturated carbocycles. The second kappa shape index (κ2) is 8.43. The van der Waals surface area contributed by atoms with Crippen LogP contribution >= 0.6 is 0 Å². The van der Waals surface area contributed by atoms with Crippen LogP contribution in [0.3, 0.4) is 0 Å². The van der Waals surface area contributed by atoms with Gasteiger partial charge >= 0.3 is 0 Å². The number of ether oxygens (including phenoxy) is 1. The lowest BCUT2D eigenvalue weighted by molar-refractivity contribution is 0.170. The summed E-state index contributed by atoms with van der Waals surface area (Å²) in [5, 5.41) is 0. The molecule has 0 radical (unpaired) electrons. The molecule has 0 aliphatic carbocycles. The van der Waals surface area contributed by atoms with E-state index in [-0.39, 0.29) is 0 Å². The fraction of sp³-hybridized carbons (Fsp3) is 0.684. The van der Waals surface area contributed by atoms with Crippen LogP contribution in [0.25, 0.3) is 0 Å². The maximum absolute atomic E-state index is 5.87. The first-order valence-corrected chi connectivity index (χ1v) is 8.64. The van der Waals surface area contributed by atoms with Crippen molar-refractivity contribution < 1.29 is 4.74 Å².